The van der Waals surface area contributed by atoms with E-state index in [1.807, 2.05) is 78.9 Å². The van der Waals surface area contributed by atoms with Gasteiger partial charge in [0.2, 0.25) is 0 Å². The van der Waals surface area contributed by atoms with E-state index in [2.05, 4.69) is 0 Å². The van der Waals surface area contributed by atoms with E-state index in [1.54, 1.807) is 0 Å². The summed E-state index contributed by atoms with van der Waals surface area (Å²) in [6.45, 7) is 1.13. The summed E-state index contributed by atoms with van der Waals surface area (Å²) < 4.78 is 17.5. The lowest BCUT2D eigenvalue weighted by molar-refractivity contribution is 0.171. The maximum atomic E-state index is 6.16. The minimum Gasteiger partial charge on any atom is -0.486 e. The molecule has 2 heterocycles. The van der Waals surface area contributed by atoms with Crippen LogP contribution in [0.3, 0.4) is 0 Å². The van der Waals surface area contributed by atoms with Crippen LogP contribution in [0.2, 0.25) is 0 Å². The van der Waals surface area contributed by atoms with Crippen molar-refractivity contribution in [1.29, 1.82) is 0 Å². The highest BCUT2D eigenvalue weighted by Gasteiger charge is 2.14. The van der Waals surface area contributed by atoms with Gasteiger partial charge in [0.05, 0.1) is 11.0 Å². The molecule has 0 bridgehead atoms. The predicted octanol–water partition coefficient (Wildman–Crippen LogP) is 5.10. The van der Waals surface area contributed by atoms with E-state index >= 15 is 0 Å². The highest BCUT2D eigenvalue weighted by molar-refractivity contribution is 5.79. The monoisotopic (exact) mass is 355 g/mol. The number of rotatable bonds is 2. The topological polar surface area (TPSA) is 44.0 Å². The molecule has 1 aliphatic heterocycles. The summed E-state index contributed by atoms with van der Waals surface area (Å²) in [5, 5.41) is 1.84. The Morgan fingerprint density at radius 3 is 2.37 bits per heavy atom. The van der Waals surface area contributed by atoms with E-state index < -0.39 is 0 Å². The molecule has 0 N–H and O–H groups in total. The van der Waals surface area contributed by atoms with Crippen LogP contribution in [0.1, 0.15) is 0 Å². The molecule has 3 aromatic carbocycles. The third-order valence-electron chi connectivity index (χ3n) is 4.48. The number of benzene rings is 3. The van der Waals surface area contributed by atoms with Gasteiger partial charge in [-0.05, 0) is 42.5 Å². The first-order chi connectivity index (χ1) is 13.4. The number of para-hydroxylation sites is 2. The van der Waals surface area contributed by atoms with Crippen molar-refractivity contribution in [1.82, 2.24) is 0 Å². The molecule has 1 aromatic heterocycles. The van der Waals surface area contributed by atoms with Crippen molar-refractivity contribution in [2.75, 3.05) is 13.2 Å². The molecule has 0 unspecified atom stereocenters. The van der Waals surface area contributed by atoms with Crippen LogP contribution in [0.15, 0.2) is 88.3 Å². The first-order valence-electron chi connectivity index (χ1n) is 8.89. The standard InChI is InChI=1S/C23H17NO3/c1-2-6-17(7-3-1)24-19-15-22(27-20-9-5-4-8-18(19)20)16-10-11-21-23(14-16)26-13-12-25-21/h1-11,14-15H,12-13H2. The Morgan fingerprint density at radius 1 is 0.704 bits per heavy atom. The van der Waals surface area contributed by atoms with Crippen LogP contribution in [0.4, 0.5) is 5.69 Å². The van der Waals surface area contributed by atoms with E-state index in [1.165, 1.54) is 0 Å². The summed E-state index contributed by atoms with van der Waals surface area (Å²) in [6.07, 6.45) is 0. The molecule has 4 aromatic rings. The molecule has 5 rings (SSSR count). The van der Waals surface area contributed by atoms with E-state index in [0.717, 1.165) is 44.8 Å². The van der Waals surface area contributed by atoms with E-state index in [0.29, 0.717) is 13.2 Å². The fraction of sp³-hybridized carbons (Fsp3) is 0.0870. The molecule has 0 fully saturated rings. The Kier molecular flexibility index (Phi) is 3.87. The molecule has 0 atom stereocenters. The van der Waals surface area contributed by atoms with Gasteiger partial charge in [0.25, 0.3) is 0 Å². The molecule has 27 heavy (non-hydrogen) atoms. The first-order valence-corrected chi connectivity index (χ1v) is 8.89. The molecule has 132 valence electrons. The van der Waals surface area contributed by atoms with Crippen molar-refractivity contribution in [3.05, 3.63) is 84.2 Å². The highest BCUT2D eigenvalue weighted by atomic mass is 16.6. The summed E-state index contributed by atoms with van der Waals surface area (Å²) in [4.78, 5) is 4.83. The quantitative estimate of drug-likeness (QED) is 0.502. The summed E-state index contributed by atoms with van der Waals surface area (Å²) in [5.41, 5.74) is 2.62. The van der Waals surface area contributed by atoms with Gasteiger partial charge in [0.15, 0.2) is 11.5 Å². The summed E-state index contributed by atoms with van der Waals surface area (Å²) in [5.74, 6) is 2.24. The van der Waals surface area contributed by atoms with Crippen molar-refractivity contribution in [2.24, 2.45) is 4.99 Å². The molecular formula is C23H17NO3. The van der Waals surface area contributed by atoms with Crippen LogP contribution in [-0.4, -0.2) is 13.2 Å². The van der Waals surface area contributed by atoms with Crippen LogP contribution >= 0.6 is 0 Å². The molecule has 1 aliphatic rings. The zero-order chi connectivity index (χ0) is 18.1. The largest absolute Gasteiger partial charge is 0.486 e. The zero-order valence-electron chi connectivity index (χ0n) is 14.6. The van der Waals surface area contributed by atoms with Crippen molar-refractivity contribution in [3.8, 4) is 22.8 Å². The van der Waals surface area contributed by atoms with Crippen LogP contribution in [0.25, 0.3) is 22.3 Å². The Morgan fingerprint density at radius 2 is 1.48 bits per heavy atom. The van der Waals surface area contributed by atoms with Gasteiger partial charge in [-0.3, -0.25) is 0 Å². The lowest BCUT2D eigenvalue weighted by Crippen LogP contribution is -2.15. The number of hydrogen-bond donors (Lipinski definition) is 0. The Balaban J connectivity index is 1.71. The molecule has 0 spiro atoms. The molecule has 0 amide bonds. The number of hydrogen-bond acceptors (Lipinski definition) is 4. The normalized spacial score (nSPS) is 13.7. The van der Waals surface area contributed by atoms with Gasteiger partial charge in [-0.15, -0.1) is 0 Å². The van der Waals surface area contributed by atoms with Gasteiger partial charge >= 0.3 is 0 Å². The fourth-order valence-corrected chi connectivity index (χ4v) is 3.19. The Hall–Kier alpha value is -3.53. The van der Waals surface area contributed by atoms with Crippen LogP contribution in [-0.2, 0) is 0 Å². The maximum absolute atomic E-state index is 6.16. The van der Waals surface area contributed by atoms with Gasteiger partial charge < -0.3 is 13.9 Å². The molecule has 0 saturated carbocycles. The second kappa shape index (κ2) is 6.65. The minimum atomic E-state index is 0.555. The average molecular weight is 355 g/mol. The third-order valence-corrected chi connectivity index (χ3v) is 4.48. The molecule has 0 aliphatic carbocycles. The van der Waals surface area contributed by atoms with Crippen LogP contribution in [0.5, 0.6) is 11.5 Å². The lowest BCUT2D eigenvalue weighted by atomic mass is 10.1. The van der Waals surface area contributed by atoms with E-state index in [4.69, 9.17) is 18.9 Å². The lowest BCUT2D eigenvalue weighted by Gasteiger charge is -2.18. The van der Waals surface area contributed by atoms with Crippen LogP contribution in [0, 0.1) is 0 Å². The van der Waals surface area contributed by atoms with Gasteiger partial charge in [0, 0.05) is 17.0 Å². The molecule has 0 saturated heterocycles. The third kappa shape index (κ3) is 3.06. The first kappa shape index (κ1) is 15.7. The number of fused-ring (bicyclic) bond motifs is 2. The summed E-state index contributed by atoms with van der Waals surface area (Å²) in [6, 6.07) is 25.7. The zero-order valence-corrected chi connectivity index (χ0v) is 14.6. The van der Waals surface area contributed by atoms with Gasteiger partial charge in [0.1, 0.15) is 24.6 Å². The van der Waals surface area contributed by atoms with Crippen molar-refractivity contribution in [2.45, 2.75) is 0 Å². The van der Waals surface area contributed by atoms with Crippen molar-refractivity contribution < 1.29 is 13.9 Å². The molecule has 4 nitrogen and oxygen atoms in total. The molecule has 0 radical (unpaired) electrons. The van der Waals surface area contributed by atoms with Crippen LogP contribution < -0.4 is 14.8 Å². The summed E-state index contributed by atoms with van der Waals surface area (Å²) in [7, 11) is 0. The van der Waals surface area contributed by atoms with Crippen molar-refractivity contribution in [3.63, 3.8) is 0 Å². The van der Waals surface area contributed by atoms with Gasteiger partial charge in [-0.25, -0.2) is 4.99 Å². The minimum absolute atomic E-state index is 0.555. The SMILES string of the molecule is c1ccc(N=c2cc(-c3ccc4c(c3)OCCO4)oc3ccccc23)cc1. The Bertz CT molecular complexity index is 1180. The second-order valence-electron chi connectivity index (χ2n) is 6.30. The highest BCUT2D eigenvalue weighted by Crippen LogP contribution is 2.34. The average Bonchev–Trinajstić information content (AvgIpc) is 2.74. The fourth-order valence-electron chi connectivity index (χ4n) is 3.19. The smallest absolute Gasteiger partial charge is 0.162 e. The molecule has 4 heteroatoms. The second-order valence-corrected chi connectivity index (χ2v) is 6.30. The number of nitrogens with zero attached hydrogens (tertiary/aromatic N) is 1. The van der Waals surface area contributed by atoms with Crippen molar-refractivity contribution >= 4 is 16.7 Å². The number of ether oxygens (including phenoxy) is 2. The summed E-state index contributed by atoms with van der Waals surface area (Å²) >= 11 is 0. The molecular weight excluding hydrogens is 338 g/mol. The van der Waals surface area contributed by atoms with E-state index in [-0.39, 0.29) is 0 Å². The van der Waals surface area contributed by atoms with E-state index in [9.17, 15) is 0 Å². The predicted molar refractivity (Wildman–Crippen MR) is 104 cm³/mol. The maximum Gasteiger partial charge on any atom is 0.162 e. The van der Waals surface area contributed by atoms with Gasteiger partial charge in [-0.1, -0.05) is 30.3 Å². The Labute approximate surface area is 156 Å². The van der Waals surface area contributed by atoms with Gasteiger partial charge in [-0.2, -0.15) is 0 Å².